The SMILES string of the molecule is CNCc1ccc(OCC(=O)N(Cc2ccc(C(C)C)cc2)Cc2cccnc2)c2ccccc12. The molecule has 0 aliphatic rings. The fraction of sp³-hybridized carbons (Fsp3) is 0.267. The van der Waals surface area contributed by atoms with Gasteiger partial charge < -0.3 is 15.0 Å². The lowest BCUT2D eigenvalue weighted by molar-refractivity contribution is -0.134. The Bertz CT molecular complexity index is 1250. The van der Waals surface area contributed by atoms with Crippen molar-refractivity contribution in [3.05, 3.63) is 107 Å². The summed E-state index contributed by atoms with van der Waals surface area (Å²) >= 11 is 0. The van der Waals surface area contributed by atoms with Gasteiger partial charge in [-0.15, -0.1) is 0 Å². The van der Waals surface area contributed by atoms with E-state index in [1.807, 2.05) is 48.3 Å². The number of pyridine rings is 1. The van der Waals surface area contributed by atoms with Crippen molar-refractivity contribution < 1.29 is 9.53 Å². The van der Waals surface area contributed by atoms with E-state index >= 15 is 0 Å². The molecule has 0 spiro atoms. The number of carbonyl (C=O) groups is 1. The van der Waals surface area contributed by atoms with Crippen molar-refractivity contribution in [3.8, 4) is 5.75 Å². The van der Waals surface area contributed by atoms with Gasteiger partial charge in [-0.3, -0.25) is 9.78 Å². The number of nitrogens with zero attached hydrogens (tertiary/aromatic N) is 2. The van der Waals surface area contributed by atoms with Crippen LogP contribution in [0.2, 0.25) is 0 Å². The van der Waals surface area contributed by atoms with Crippen LogP contribution in [0.5, 0.6) is 5.75 Å². The molecule has 0 saturated heterocycles. The van der Waals surface area contributed by atoms with Crippen LogP contribution in [0, 0.1) is 0 Å². The Morgan fingerprint density at radius 2 is 1.66 bits per heavy atom. The predicted molar refractivity (Wildman–Crippen MR) is 141 cm³/mol. The third-order valence-electron chi connectivity index (χ3n) is 6.16. The summed E-state index contributed by atoms with van der Waals surface area (Å²) < 4.78 is 6.09. The van der Waals surface area contributed by atoms with Crippen molar-refractivity contribution in [1.82, 2.24) is 15.2 Å². The van der Waals surface area contributed by atoms with E-state index in [0.29, 0.717) is 19.0 Å². The van der Waals surface area contributed by atoms with Gasteiger partial charge in [0, 0.05) is 37.4 Å². The molecule has 1 amide bonds. The minimum Gasteiger partial charge on any atom is -0.483 e. The quantitative estimate of drug-likeness (QED) is 0.326. The molecule has 0 saturated carbocycles. The zero-order valence-electron chi connectivity index (χ0n) is 20.7. The largest absolute Gasteiger partial charge is 0.483 e. The first-order valence-electron chi connectivity index (χ1n) is 12.1. The highest BCUT2D eigenvalue weighted by Gasteiger charge is 2.17. The van der Waals surface area contributed by atoms with Gasteiger partial charge in [-0.25, -0.2) is 0 Å². The second kappa shape index (κ2) is 11.6. The normalized spacial score (nSPS) is 11.1. The van der Waals surface area contributed by atoms with Crippen molar-refractivity contribution in [2.24, 2.45) is 0 Å². The summed E-state index contributed by atoms with van der Waals surface area (Å²) in [4.78, 5) is 19.4. The molecule has 0 radical (unpaired) electrons. The summed E-state index contributed by atoms with van der Waals surface area (Å²) in [6.45, 7) is 6.09. The molecule has 0 aliphatic carbocycles. The monoisotopic (exact) mass is 467 g/mol. The second-order valence-electron chi connectivity index (χ2n) is 9.09. The number of nitrogens with one attached hydrogen (secondary N) is 1. The van der Waals surface area contributed by atoms with E-state index in [1.54, 1.807) is 12.4 Å². The molecule has 4 aromatic rings. The first-order chi connectivity index (χ1) is 17.0. The van der Waals surface area contributed by atoms with Crippen LogP contribution in [-0.4, -0.2) is 29.4 Å². The highest BCUT2D eigenvalue weighted by Crippen LogP contribution is 2.29. The molecular weight excluding hydrogens is 434 g/mol. The topological polar surface area (TPSA) is 54.5 Å². The van der Waals surface area contributed by atoms with E-state index < -0.39 is 0 Å². The number of carbonyl (C=O) groups excluding carboxylic acids is 1. The van der Waals surface area contributed by atoms with Gasteiger partial charge in [0.15, 0.2) is 6.61 Å². The number of amides is 1. The molecule has 5 heteroatoms. The van der Waals surface area contributed by atoms with Crippen LogP contribution in [0.1, 0.15) is 42.0 Å². The summed E-state index contributed by atoms with van der Waals surface area (Å²) in [5.41, 5.74) is 4.57. The van der Waals surface area contributed by atoms with Crippen molar-refractivity contribution >= 4 is 16.7 Å². The first kappa shape index (κ1) is 24.4. The van der Waals surface area contributed by atoms with E-state index in [-0.39, 0.29) is 12.5 Å². The average molecular weight is 468 g/mol. The van der Waals surface area contributed by atoms with Crippen molar-refractivity contribution in [2.75, 3.05) is 13.7 Å². The molecule has 1 heterocycles. The maximum Gasteiger partial charge on any atom is 0.261 e. The van der Waals surface area contributed by atoms with Gasteiger partial charge in [0.1, 0.15) is 5.75 Å². The Balaban J connectivity index is 1.52. The molecule has 0 atom stereocenters. The van der Waals surface area contributed by atoms with E-state index in [0.717, 1.165) is 34.2 Å². The molecule has 4 rings (SSSR count). The second-order valence-corrected chi connectivity index (χ2v) is 9.09. The summed E-state index contributed by atoms with van der Waals surface area (Å²) in [6.07, 6.45) is 3.54. The summed E-state index contributed by atoms with van der Waals surface area (Å²) in [7, 11) is 1.94. The fourth-order valence-corrected chi connectivity index (χ4v) is 4.21. The molecule has 35 heavy (non-hydrogen) atoms. The highest BCUT2D eigenvalue weighted by molar-refractivity contribution is 5.91. The van der Waals surface area contributed by atoms with Crippen LogP contribution >= 0.6 is 0 Å². The van der Waals surface area contributed by atoms with Gasteiger partial charge in [0.2, 0.25) is 0 Å². The molecule has 0 unspecified atom stereocenters. The van der Waals surface area contributed by atoms with E-state index in [9.17, 15) is 4.79 Å². The Hall–Kier alpha value is -3.70. The lowest BCUT2D eigenvalue weighted by atomic mass is 10.0. The maximum atomic E-state index is 13.4. The summed E-state index contributed by atoms with van der Waals surface area (Å²) in [5, 5.41) is 5.35. The number of aromatic nitrogens is 1. The van der Waals surface area contributed by atoms with Gasteiger partial charge >= 0.3 is 0 Å². The van der Waals surface area contributed by atoms with Gasteiger partial charge in [-0.2, -0.15) is 0 Å². The Morgan fingerprint density at radius 3 is 2.34 bits per heavy atom. The van der Waals surface area contributed by atoms with Crippen LogP contribution in [0.3, 0.4) is 0 Å². The zero-order chi connectivity index (χ0) is 24.6. The maximum absolute atomic E-state index is 13.4. The van der Waals surface area contributed by atoms with Gasteiger partial charge in [0.05, 0.1) is 0 Å². The lowest BCUT2D eigenvalue weighted by Gasteiger charge is -2.23. The van der Waals surface area contributed by atoms with Crippen LogP contribution < -0.4 is 10.1 Å². The first-order valence-corrected chi connectivity index (χ1v) is 12.1. The minimum absolute atomic E-state index is 0.0281. The Morgan fingerprint density at radius 1 is 0.914 bits per heavy atom. The molecule has 1 N–H and O–H groups in total. The Labute approximate surface area is 207 Å². The standard InChI is InChI=1S/C30H33N3O2/c1-22(2)25-12-10-23(11-13-25)19-33(20-24-7-6-16-32-17-24)30(34)21-35-29-15-14-26(18-31-3)27-8-4-5-9-28(27)29/h4-17,22,31H,18-21H2,1-3H3. The molecule has 3 aromatic carbocycles. The van der Waals surface area contributed by atoms with Crippen LogP contribution in [0.4, 0.5) is 0 Å². The van der Waals surface area contributed by atoms with Gasteiger partial charge in [-0.05, 0) is 52.7 Å². The summed E-state index contributed by atoms with van der Waals surface area (Å²) in [6, 6.07) is 24.5. The van der Waals surface area contributed by atoms with Crippen LogP contribution in [0.25, 0.3) is 10.8 Å². The number of hydrogen-bond donors (Lipinski definition) is 1. The number of hydrogen-bond acceptors (Lipinski definition) is 4. The molecule has 0 fully saturated rings. The molecule has 180 valence electrons. The fourth-order valence-electron chi connectivity index (χ4n) is 4.21. The Kier molecular flexibility index (Phi) is 8.11. The lowest BCUT2D eigenvalue weighted by Crippen LogP contribution is -2.34. The molecule has 0 aliphatic heterocycles. The number of benzene rings is 3. The third-order valence-corrected chi connectivity index (χ3v) is 6.16. The van der Waals surface area contributed by atoms with E-state index in [1.165, 1.54) is 11.1 Å². The molecule has 1 aromatic heterocycles. The number of ether oxygens (including phenoxy) is 1. The third kappa shape index (κ3) is 6.25. The van der Waals surface area contributed by atoms with E-state index in [2.05, 4.69) is 60.5 Å². The molecule has 5 nitrogen and oxygen atoms in total. The number of rotatable bonds is 10. The van der Waals surface area contributed by atoms with Crippen LogP contribution in [-0.2, 0) is 24.4 Å². The van der Waals surface area contributed by atoms with Crippen LogP contribution in [0.15, 0.2) is 85.2 Å². The van der Waals surface area contributed by atoms with E-state index in [4.69, 9.17) is 4.74 Å². The smallest absolute Gasteiger partial charge is 0.261 e. The van der Waals surface area contributed by atoms with Crippen molar-refractivity contribution in [3.63, 3.8) is 0 Å². The van der Waals surface area contributed by atoms with Gasteiger partial charge in [0.25, 0.3) is 5.91 Å². The van der Waals surface area contributed by atoms with Gasteiger partial charge in [-0.1, -0.05) is 74.5 Å². The van der Waals surface area contributed by atoms with Crippen molar-refractivity contribution in [2.45, 2.75) is 39.4 Å². The predicted octanol–water partition coefficient (Wildman–Crippen LogP) is 5.69. The zero-order valence-corrected chi connectivity index (χ0v) is 20.7. The molecule has 0 bridgehead atoms. The van der Waals surface area contributed by atoms with Crippen molar-refractivity contribution in [1.29, 1.82) is 0 Å². The number of fused-ring (bicyclic) bond motifs is 1. The highest BCUT2D eigenvalue weighted by atomic mass is 16.5. The summed E-state index contributed by atoms with van der Waals surface area (Å²) in [5.74, 6) is 1.13. The minimum atomic E-state index is -0.0647. The average Bonchev–Trinajstić information content (AvgIpc) is 2.88. The molecular formula is C30H33N3O2.